The lowest BCUT2D eigenvalue weighted by Crippen LogP contribution is -2.29. The highest BCUT2D eigenvalue weighted by atomic mass is 16.5. The first-order valence-corrected chi connectivity index (χ1v) is 7.43. The largest absolute Gasteiger partial charge is 0.491 e. The van der Waals surface area contributed by atoms with E-state index < -0.39 is 0 Å². The van der Waals surface area contributed by atoms with Crippen LogP contribution in [0.4, 0.5) is 0 Å². The Morgan fingerprint density at radius 1 is 1.18 bits per heavy atom. The molecule has 1 heterocycles. The van der Waals surface area contributed by atoms with Crippen LogP contribution in [-0.2, 0) is 0 Å². The smallest absolute Gasteiger partial charge is 0.137 e. The van der Waals surface area contributed by atoms with E-state index in [0.29, 0.717) is 23.8 Å². The Morgan fingerprint density at radius 3 is 2.55 bits per heavy atom. The maximum absolute atomic E-state index is 9.33. The molecule has 0 saturated carbocycles. The number of aromatic nitrogens is 1. The third-order valence-corrected chi connectivity index (χ3v) is 3.34. The summed E-state index contributed by atoms with van der Waals surface area (Å²) in [5.74, 6) is 1.11. The van der Waals surface area contributed by atoms with Gasteiger partial charge in [0.25, 0.3) is 0 Å². The summed E-state index contributed by atoms with van der Waals surface area (Å²) in [6, 6.07) is 11.6. The van der Waals surface area contributed by atoms with Gasteiger partial charge in [-0.25, -0.2) is 0 Å². The van der Waals surface area contributed by atoms with Gasteiger partial charge >= 0.3 is 0 Å². The fourth-order valence-corrected chi connectivity index (χ4v) is 2.34. The minimum absolute atomic E-state index is 0.0218. The molecule has 0 aliphatic heterocycles. The molecule has 0 aliphatic rings. The van der Waals surface area contributed by atoms with E-state index in [1.54, 1.807) is 12.4 Å². The summed E-state index contributed by atoms with van der Waals surface area (Å²) in [7, 11) is 0. The number of nitrogens with zero attached hydrogens (tertiary/aromatic N) is 2. The summed E-state index contributed by atoms with van der Waals surface area (Å²) in [6.07, 6.45) is 4.37. The van der Waals surface area contributed by atoms with Crippen LogP contribution < -0.4 is 10.5 Å². The van der Waals surface area contributed by atoms with Crippen molar-refractivity contribution in [1.29, 1.82) is 5.26 Å². The average molecular weight is 295 g/mol. The van der Waals surface area contributed by atoms with Crippen molar-refractivity contribution in [2.75, 3.05) is 6.61 Å². The van der Waals surface area contributed by atoms with Crippen LogP contribution in [0.25, 0.3) is 11.1 Å². The van der Waals surface area contributed by atoms with Crippen LogP contribution in [0.1, 0.15) is 25.8 Å². The zero-order chi connectivity index (χ0) is 15.9. The summed E-state index contributed by atoms with van der Waals surface area (Å²) in [5, 5.41) is 9.33. The van der Waals surface area contributed by atoms with Crippen LogP contribution in [0.15, 0.2) is 42.7 Å². The number of rotatable bonds is 6. The number of benzene rings is 1. The molecule has 1 atom stereocenters. The van der Waals surface area contributed by atoms with Crippen molar-refractivity contribution >= 4 is 0 Å². The summed E-state index contributed by atoms with van der Waals surface area (Å²) >= 11 is 0. The third-order valence-electron chi connectivity index (χ3n) is 3.34. The lowest BCUT2D eigenvalue weighted by molar-refractivity contribution is 0.270. The highest BCUT2D eigenvalue weighted by Gasteiger charge is 2.10. The van der Waals surface area contributed by atoms with Crippen LogP contribution in [-0.4, -0.2) is 17.6 Å². The number of nitrogens with two attached hydrogens (primary N) is 1. The predicted molar refractivity (Wildman–Crippen MR) is 87.3 cm³/mol. The number of hydrogen-bond acceptors (Lipinski definition) is 4. The molecule has 2 aromatic rings. The molecule has 2 N–H and O–H groups in total. The molecule has 2 rings (SSSR count). The first kappa shape index (κ1) is 16.0. The van der Waals surface area contributed by atoms with E-state index >= 15 is 0 Å². The second-order valence-electron chi connectivity index (χ2n) is 5.76. The summed E-state index contributed by atoms with van der Waals surface area (Å²) in [4.78, 5) is 4.00. The molecular weight excluding hydrogens is 274 g/mol. The number of nitriles is 1. The lowest BCUT2D eigenvalue weighted by Gasteiger charge is -2.16. The minimum Gasteiger partial charge on any atom is -0.491 e. The van der Waals surface area contributed by atoms with Gasteiger partial charge in [-0.2, -0.15) is 5.26 Å². The van der Waals surface area contributed by atoms with Gasteiger partial charge in [-0.15, -0.1) is 0 Å². The van der Waals surface area contributed by atoms with Gasteiger partial charge in [0.15, 0.2) is 0 Å². The maximum Gasteiger partial charge on any atom is 0.137 e. The molecular formula is C18H21N3O. The monoisotopic (exact) mass is 295 g/mol. The highest BCUT2D eigenvalue weighted by molar-refractivity contribution is 5.66. The topological polar surface area (TPSA) is 71.9 Å². The third kappa shape index (κ3) is 4.31. The van der Waals surface area contributed by atoms with E-state index in [2.05, 4.69) is 24.9 Å². The Balaban J connectivity index is 2.12. The average Bonchev–Trinajstić information content (AvgIpc) is 2.53. The van der Waals surface area contributed by atoms with Gasteiger partial charge in [-0.05, 0) is 47.7 Å². The molecule has 0 fully saturated rings. The van der Waals surface area contributed by atoms with E-state index in [0.717, 1.165) is 17.5 Å². The molecule has 0 amide bonds. The standard InChI is InChI=1S/C18H21N3O/c1-13(2)9-17(20)12-22-18-4-3-15(10-16(18)11-19)14-5-7-21-8-6-14/h3-8,10,13,17H,9,12,20H2,1-2H3. The molecule has 0 radical (unpaired) electrons. The summed E-state index contributed by atoms with van der Waals surface area (Å²) in [6.45, 7) is 4.68. The predicted octanol–water partition coefficient (Wildman–Crippen LogP) is 3.37. The van der Waals surface area contributed by atoms with Gasteiger partial charge < -0.3 is 10.5 Å². The van der Waals surface area contributed by atoms with Crippen molar-refractivity contribution in [3.63, 3.8) is 0 Å². The van der Waals surface area contributed by atoms with Crippen LogP contribution in [0, 0.1) is 17.2 Å². The Kier molecular flexibility index (Phi) is 5.51. The molecule has 0 bridgehead atoms. The SMILES string of the molecule is CC(C)CC(N)COc1ccc(-c2ccncc2)cc1C#N. The van der Waals surface area contributed by atoms with Crippen LogP contribution >= 0.6 is 0 Å². The van der Waals surface area contributed by atoms with Crippen LogP contribution in [0.3, 0.4) is 0 Å². The molecule has 22 heavy (non-hydrogen) atoms. The first-order valence-electron chi connectivity index (χ1n) is 7.43. The number of pyridine rings is 1. The molecule has 1 unspecified atom stereocenters. The highest BCUT2D eigenvalue weighted by Crippen LogP contribution is 2.26. The normalized spacial score (nSPS) is 12.0. The van der Waals surface area contributed by atoms with Gasteiger partial charge in [0, 0.05) is 18.4 Å². The summed E-state index contributed by atoms with van der Waals surface area (Å²) in [5.41, 5.74) is 8.53. The van der Waals surface area contributed by atoms with Crippen molar-refractivity contribution in [2.45, 2.75) is 26.3 Å². The Bertz CT molecular complexity index is 647. The van der Waals surface area contributed by atoms with E-state index in [4.69, 9.17) is 10.5 Å². The van der Waals surface area contributed by atoms with Gasteiger partial charge in [0.2, 0.25) is 0 Å². The fourth-order valence-electron chi connectivity index (χ4n) is 2.34. The van der Waals surface area contributed by atoms with Crippen molar-refractivity contribution in [1.82, 2.24) is 4.98 Å². The molecule has 0 saturated heterocycles. The molecule has 1 aromatic heterocycles. The van der Waals surface area contributed by atoms with Crippen molar-refractivity contribution in [3.05, 3.63) is 48.3 Å². The quantitative estimate of drug-likeness (QED) is 0.886. The minimum atomic E-state index is -0.0218. The molecule has 4 nitrogen and oxygen atoms in total. The van der Waals surface area contributed by atoms with Crippen LogP contribution in [0.5, 0.6) is 5.75 Å². The zero-order valence-corrected chi connectivity index (χ0v) is 13.0. The van der Waals surface area contributed by atoms with Gasteiger partial charge in [0.05, 0.1) is 5.56 Å². The second-order valence-corrected chi connectivity index (χ2v) is 5.76. The van der Waals surface area contributed by atoms with E-state index in [9.17, 15) is 5.26 Å². The van der Waals surface area contributed by atoms with E-state index in [-0.39, 0.29) is 6.04 Å². The molecule has 0 aliphatic carbocycles. The fraction of sp³-hybridized carbons (Fsp3) is 0.333. The van der Waals surface area contributed by atoms with Gasteiger partial charge in [0.1, 0.15) is 18.4 Å². The van der Waals surface area contributed by atoms with Crippen molar-refractivity contribution < 1.29 is 4.74 Å². The Labute approximate surface area is 131 Å². The lowest BCUT2D eigenvalue weighted by atomic mass is 10.0. The molecule has 4 heteroatoms. The number of ether oxygens (including phenoxy) is 1. The zero-order valence-electron chi connectivity index (χ0n) is 13.0. The maximum atomic E-state index is 9.33. The molecule has 1 aromatic carbocycles. The Morgan fingerprint density at radius 2 is 1.91 bits per heavy atom. The number of hydrogen-bond donors (Lipinski definition) is 1. The Hall–Kier alpha value is -2.38. The second kappa shape index (κ2) is 7.58. The molecule has 114 valence electrons. The van der Waals surface area contributed by atoms with E-state index in [1.165, 1.54) is 0 Å². The first-order chi connectivity index (χ1) is 10.6. The van der Waals surface area contributed by atoms with Crippen molar-refractivity contribution in [2.24, 2.45) is 11.7 Å². The van der Waals surface area contributed by atoms with Gasteiger partial charge in [-0.1, -0.05) is 19.9 Å². The van der Waals surface area contributed by atoms with Crippen LogP contribution in [0.2, 0.25) is 0 Å². The summed E-state index contributed by atoms with van der Waals surface area (Å²) < 4.78 is 5.72. The van der Waals surface area contributed by atoms with E-state index in [1.807, 2.05) is 30.3 Å². The molecule has 0 spiro atoms. The van der Waals surface area contributed by atoms with Gasteiger partial charge in [-0.3, -0.25) is 4.98 Å². The van der Waals surface area contributed by atoms with Crippen molar-refractivity contribution in [3.8, 4) is 22.9 Å².